The van der Waals surface area contributed by atoms with Crippen LogP contribution >= 0.6 is 0 Å². The highest BCUT2D eigenvalue weighted by molar-refractivity contribution is 4.81. The minimum absolute atomic E-state index is 0.000602. The van der Waals surface area contributed by atoms with E-state index in [-0.39, 0.29) is 6.29 Å². The van der Waals surface area contributed by atoms with E-state index < -0.39 is 0 Å². The van der Waals surface area contributed by atoms with E-state index in [2.05, 4.69) is 32.1 Å². The van der Waals surface area contributed by atoms with Gasteiger partial charge in [-0.15, -0.1) is 0 Å². The maximum absolute atomic E-state index is 6.09. The molecule has 0 spiro atoms. The molecule has 2 fully saturated rings. The fourth-order valence-corrected chi connectivity index (χ4v) is 2.66. The molecule has 0 aliphatic carbocycles. The molecule has 2 atom stereocenters. The van der Waals surface area contributed by atoms with Gasteiger partial charge in [-0.25, -0.2) is 0 Å². The molecule has 3 heteroatoms. The van der Waals surface area contributed by atoms with E-state index in [1.54, 1.807) is 0 Å². The lowest BCUT2D eigenvalue weighted by Gasteiger charge is -2.38. The van der Waals surface area contributed by atoms with Gasteiger partial charge in [0.05, 0.1) is 12.7 Å². The first kappa shape index (κ1) is 13.3. The standard InChI is InChI=1S/C14H26NO2/c1-11(2)15-8-6-13(7-9-15)17-14-12(3)5-4-10-16-14/h5,11-14H,4,6-10H2,1-3H3. The van der Waals surface area contributed by atoms with Gasteiger partial charge < -0.3 is 14.4 Å². The summed E-state index contributed by atoms with van der Waals surface area (Å²) < 4.78 is 11.8. The first-order chi connectivity index (χ1) is 8.16. The number of ether oxygens (including phenoxy) is 2. The zero-order valence-electron chi connectivity index (χ0n) is 11.4. The van der Waals surface area contributed by atoms with Crippen LogP contribution in [0.5, 0.6) is 0 Å². The number of hydrogen-bond acceptors (Lipinski definition) is 3. The molecular formula is C14H26NO2. The van der Waals surface area contributed by atoms with Crippen LogP contribution in [-0.4, -0.2) is 43.0 Å². The van der Waals surface area contributed by atoms with Crippen molar-refractivity contribution in [1.82, 2.24) is 4.90 Å². The van der Waals surface area contributed by atoms with E-state index >= 15 is 0 Å². The van der Waals surface area contributed by atoms with Crippen molar-refractivity contribution in [2.45, 2.75) is 58.5 Å². The van der Waals surface area contributed by atoms with Gasteiger partial charge in [0.25, 0.3) is 0 Å². The van der Waals surface area contributed by atoms with Crippen molar-refractivity contribution in [2.75, 3.05) is 19.7 Å². The number of nitrogens with zero attached hydrogens (tertiary/aromatic N) is 1. The van der Waals surface area contributed by atoms with Gasteiger partial charge in [-0.1, -0.05) is 6.92 Å². The monoisotopic (exact) mass is 240 g/mol. The highest BCUT2D eigenvalue weighted by Crippen LogP contribution is 2.24. The molecule has 0 amide bonds. The summed E-state index contributed by atoms with van der Waals surface area (Å²) in [5, 5.41) is 0. The summed E-state index contributed by atoms with van der Waals surface area (Å²) in [5.74, 6) is 0.437. The van der Waals surface area contributed by atoms with Crippen LogP contribution < -0.4 is 0 Å². The fourth-order valence-electron chi connectivity index (χ4n) is 2.66. The summed E-state index contributed by atoms with van der Waals surface area (Å²) in [5.41, 5.74) is 0. The smallest absolute Gasteiger partial charge is 0.160 e. The quantitative estimate of drug-likeness (QED) is 0.756. The second-order valence-electron chi connectivity index (χ2n) is 5.59. The van der Waals surface area contributed by atoms with Gasteiger partial charge in [0.2, 0.25) is 0 Å². The molecule has 0 aromatic heterocycles. The second-order valence-corrected chi connectivity index (χ2v) is 5.59. The van der Waals surface area contributed by atoms with Gasteiger partial charge in [0.15, 0.2) is 6.29 Å². The fraction of sp³-hybridized carbons (Fsp3) is 0.929. The Hall–Kier alpha value is -0.120. The van der Waals surface area contributed by atoms with E-state index in [0.29, 0.717) is 18.1 Å². The molecule has 2 unspecified atom stereocenters. The first-order valence-corrected chi connectivity index (χ1v) is 7.01. The Morgan fingerprint density at radius 2 is 2.00 bits per heavy atom. The number of rotatable bonds is 3. The summed E-state index contributed by atoms with van der Waals surface area (Å²) in [7, 11) is 0. The van der Waals surface area contributed by atoms with Crippen LogP contribution in [0.1, 0.15) is 40.0 Å². The summed E-state index contributed by atoms with van der Waals surface area (Å²) in [6.07, 6.45) is 6.06. The maximum atomic E-state index is 6.09. The Morgan fingerprint density at radius 3 is 2.59 bits per heavy atom. The van der Waals surface area contributed by atoms with Crippen molar-refractivity contribution in [3.8, 4) is 0 Å². The normalized spacial score (nSPS) is 33.2. The van der Waals surface area contributed by atoms with E-state index in [1.807, 2.05) is 0 Å². The van der Waals surface area contributed by atoms with Gasteiger partial charge >= 0.3 is 0 Å². The van der Waals surface area contributed by atoms with Crippen LogP contribution in [-0.2, 0) is 9.47 Å². The molecule has 1 radical (unpaired) electrons. The van der Waals surface area contributed by atoms with E-state index in [9.17, 15) is 0 Å². The molecule has 2 saturated heterocycles. The summed E-state index contributed by atoms with van der Waals surface area (Å²) in [6, 6.07) is 0.661. The molecule has 17 heavy (non-hydrogen) atoms. The van der Waals surface area contributed by atoms with Crippen molar-refractivity contribution in [1.29, 1.82) is 0 Å². The molecule has 0 aromatic carbocycles. The van der Waals surface area contributed by atoms with E-state index in [1.165, 1.54) is 0 Å². The zero-order valence-corrected chi connectivity index (χ0v) is 11.4. The van der Waals surface area contributed by atoms with Crippen LogP contribution in [0.25, 0.3) is 0 Å². The number of hydrogen-bond donors (Lipinski definition) is 0. The maximum Gasteiger partial charge on any atom is 0.160 e. The van der Waals surface area contributed by atoms with Crippen LogP contribution in [0.4, 0.5) is 0 Å². The minimum atomic E-state index is -0.000602. The van der Waals surface area contributed by atoms with Crippen molar-refractivity contribution < 1.29 is 9.47 Å². The predicted octanol–water partition coefficient (Wildman–Crippen LogP) is 2.46. The van der Waals surface area contributed by atoms with Crippen LogP contribution in [0.3, 0.4) is 0 Å². The van der Waals surface area contributed by atoms with Gasteiger partial charge in [-0.05, 0) is 39.5 Å². The van der Waals surface area contributed by atoms with E-state index in [0.717, 1.165) is 39.0 Å². The molecular weight excluding hydrogens is 214 g/mol. The minimum Gasteiger partial charge on any atom is -0.352 e. The second kappa shape index (κ2) is 6.17. The van der Waals surface area contributed by atoms with Crippen LogP contribution in [0.2, 0.25) is 0 Å². The molecule has 0 aromatic rings. The average molecular weight is 240 g/mol. The summed E-state index contributed by atoms with van der Waals surface area (Å²) >= 11 is 0. The van der Waals surface area contributed by atoms with Crippen LogP contribution in [0.15, 0.2) is 0 Å². The average Bonchev–Trinajstić information content (AvgIpc) is 2.33. The Kier molecular flexibility index (Phi) is 4.83. The lowest BCUT2D eigenvalue weighted by Crippen LogP contribution is -2.43. The predicted molar refractivity (Wildman–Crippen MR) is 68.6 cm³/mol. The highest BCUT2D eigenvalue weighted by atomic mass is 16.7. The molecule has 0 bridgehead atoms. The van der Waals surface area contributed by atoms with Gasteiger partial charge in [-0.2, -0.15) is 0 Å². The third-order valence-electron chi connectivity index (χ3n) is 3.90. The molecule has 2 aliphatic heterocycles. The van der Waals surface area contributed by atoms with E-state index in [4.69, 9.17) is 9.47 Å². The number of piperidine rings is 1. The topological polar surface area (TPSA) is 21.7 Å². The van der Waals surface area contributed by atoms with Gasteiger partial charge in [0, 0.05) is 25.0 Å². The third-order valence-corrected chi connectivity index (χ3v) is 3.90. The summed E-state index contributed by atoms with van der Waals surface area (Å²) in [4.78, 5) is 2.52. The lowest BCUT2D eigenvalue weighted by atomic mass is 10.0. The van der Waals surface area contributed by atoms with Crippen molar-refractivity contribution in [3.63, 3.8) is 0 Å². The molecule has 3 nitrogen and oxygen atoms in total. The van der Waals surface area contributed by atoms with Crippen molar-refractivity contribution >= 4 is 0 Å². The molecule has 2 heterocycles. The Bertz CT molecular complexity index is 224. The molecule has 0 saturated carbocycles. The molecule has 2 rings (SSSR count). The third kappa shape index (κ3) is 3.67. The highest BCUT2D eigenvalue weighted by Gasteiger charge is 2.28. The number of likely N-dealkylation sites (tertiary alicyclic amines) is 1. The first-order valence-electron chi connectivity index (χ1n) is 7.01. The Labute approximate surface area is 105 Å². The van der Waals surface area contributed by atoms with Gasteiger partial charge in [0.1, 0.15) is 0 Å². The Morgan fingerprint density at radius 1 is 1.29 bits per heavy atom. The van der Waals surface area contributed by atoms with Crippen molar-refractivity contribution in [3.05, 3.63) is 6.42 Å². The molecule has 2 aliphatic rings. The largest absolute Gasteiger partial charge is 0.352 e. The van der Waals surface area contributed by atoms with Gasteiger partial charge in [-0.3, -0.25) is 0 Å². The zero-order chi connectivity index (χ0) is 12.3. The Balaban J connectivity index is 1.73. The SMILES string of the molecule is CC1[CH]CCOC1OC1CCN(C(C)C)CC1. The van der Waals surface area contributed by atoms with Crippen LogP contribution in [0, 0.1) is 12.3 Å². The summed E-state index contributed by atoms with van der Waals surface area (Å²) in [6.45, 7) is 9.86. The lowest BCUT2D eigenvalue weighted by molar-refractivity contribution is -0.208. The van der Waals surface area contributed by atoms with Crippen molar-refractivity contribution in [2.24, 2.45) is 5.92 Å². The molecule has 99 valence electrons. The molecule has 0 N–H and O–H groups in total.